The Labute approximate surface area is 338 Å². The van der Waals surface area contributed by atoms with Crippen LogP contribution < -0.4 is 4.90 Å². The monoisotopic (exact) mass is 723 g/mol. The Morgan fingerprint density at radius 3 is 1.46 bits per heavy atom. The molecule has 9 aromatic carbocycles. The number of furan rings is 1. The summed E-state index contributed by atoms with van der Waals surface area (Å²) >= 11 is 0. The number of nitrogens with zero attached hydrogens (tertiary/aromatic N) is 1. The van der Waals surface area contributed by atoms with Gasteiger partial charge >= 0.3 is 0 Å². The summed E-state index contributed by atoms with van der Waals surface area (Å²) in [4.78, 5) is 1.39. The van der Waals surface area contributed by atoms with Crippen LogP contribution in [0.4, 0.5) is 17.1 Å². The minimum Gasteiger partial charge on any atom is -0.456 e. The summed E-state index contributed by atoms with van der Waals surface area (Å²) in [7, 11) is 0. The molecule has 0 aliphatic carbocycles. The van der Waals surface area contributed by atoms with E-state index in [0.29, 0.717) is 38.9 Å². The molecule has 0 amide bonds. The molecule has 0 unspecified atom stereocenters. The summed E-state index contributed by atoms with van der Waals surface area (Å²) in [6, 6.07) is 51.9. The Morgan fingerprint density at radius 1 is 0.321 bits per heavy atom. The van der Waals surface area contributed by atoms with E-state index in [1.807, 2.05) is 97.1 Å². The van der Waals surface area contributed by atoms with Gasteiger partial charge in [0.05, 0.1) is 16.7 Å². The molecule has 0 saturated carbocycles. The van der Waals surface area contributed by atoms with Crippen LogP contribution in [0.25, 0.3) is 77.6 Å². The van der Waals surface area contributed by atoms with Gasteiger partial charge in [0, 0.05) is 27.7 Å². The third-order valence-electron chi connectivity index (χ3n) is 10.1. The quantitative estimate of drug-likeness (QED) is 0.155. The van der Waals surface area contributed by atoms with E-state index in [1.54, 1.807) is 54.6 Å². The van der Waals surface area contributed by atoms with Crippen LogP contribution in [0.15, 0.2) is 229 Å². The molecule has 0 aliphatic heterocycles. The molecule has 1 heterocycles. The van der Waals surface area contributed by atoms with Crippen LogP contribution in [-0.4, -0.2) is 0 Å². The Kier molecular flexibility index (Phi) is 6.59. The highest BCUT2D eigenvalue weighted by molar-refractivity contribution is 6.12. The minimum atomic E-state index is -0.428. The van der Waals surface area contributed by atoms with Crippen LogP contribution in [0.3, 0.4) is 0 Å². The maximum absolute atomic E-state index is 9.81. The molecule has 0 N–H and O–H groups in total. The SMILES string of the molecule is [2H]c1c([2H])c(N(c2ccccc2-c2ccccc2-c2ccccc2-c2ccccc2)c2c([2H])c([2H])c(-c3cccc4oc5ccccc5c34)c([2H])c2[2H])c([2H])c([2H])c1-c1ccccc1. The van der Waals surface area contributed by atoms with Crippen molar-refractivity contribution in [2.75, 3.05) is 4.90 Å². The molecule has 0 bridgehead atoms. The maximum Gasteiger partial charge on any atom is 0.136 e. The van der Waals surface area contributed by atoms with Crippen molar-refractivity contribution < 1.29 is 15.4 Å². The molecule has 0 radical (unpaired) electrons. The standard InChI is InChI=1S/C54H37NO/c1-3-16-38(17-4-1)39-30-34-42(35-31-39)55(43-36-32-41(33-37-43)45-26-15-29-53-54(45)50-25-12-14-28-52(50)56-53)51-27-13-11-24-49(51)48-23-10-9-22-47(48)46-21-8-7-20-44(46)40-18-5-2-6-19-40/h1-37H/i30D,31D,32D,33D,34D,35D,36D,37D. The van der Waals surface area contributed by atoms with E-state index >= 15 is 0 Å². The van der Waals surface area contributed by atoms with Crippen molar-refractivity contribution in [1.29, 1.82) is 0 Å². The Balaban J connectivity index is 1.27. The van der Waals surface area contributed by atoms with Gasteiger partial charge in [0.1, 0.15) is 11.2 Å². The first-order valence-corrected chi connectivity index (χ1v) is 18.5. The smallest absolute Gasteiger partial charge is 0.136 e. The van der Waals surface area contributed by atoms with Crippen LogP contribution in [0.1, 0.15) is 11.0 Å². The van der Waals surface area contributed by atoms with E-state index in [4.69, 9.17) is 4.42 Å². The van der Waals surface area contributed by atoms with Crippen molar-refractivity contribution in [2.24, 2.45) is 0 Å². The zero-order chi connectivity index (χ0) is 44.2. The highest BCUT2D eigenvalue weighted by atomic mass is 16.3. The summed E-state index contributed by atoms with van der Waals surface area (Å²) in [6.45, 7) is 0. The fraction of sp³-hybridized carbons (Fsp3) is 0. The molecule has 2 heteroatoms. The second-order valence-corrected chi connectivity index (χ2v) is 13.4. The molecular formula is C54H37NO. The van der Waals surface area contributed by atoms with E-state index < -0.39 is 24.2 Å². The normalized spacial score (nSPS) is 13.2. The summed E-state index contributed by atoms with van der Waals surface area (Å²) in [5.74, 6) is 0. The van der Waals surface area contributed by atoms with E-state index in [1.165, 1.54) is 4.90 Å². The van der Waals surface area contributed by atoms with Gasteiger partial charge in [0.2, 0.25) is 0 Å². The molecule has 10 aromatic rings. The number of hydrogen-bond donors (Lipinski definition) is 0. The number of fused-ring (bicyclic) bond motifs is 3. The lowest BCUT2D eigenvalue weighted by atomic mass is 9.88. The maximum atomic E-state index is 9.81. The van der Waals surface area contributed by atoms with Crippen molar-refractivity contribution in [3.63, 3.8) is 0 Å². The van der Waals surface area contributed by atoms with Gasteiger partial charge in [0.25, 0.3) is 0 Å². The summed E-state index contributed by atoms with van der Waals surface area (Å²) in [6.07, 6.45) is 0. The average molecular weight is 724 g/mol. The first-order chi connectivity index (χ1) is 31.2. The van der Waals surface area contributed by atoms with Gasteiger partial charge in [-0.15, -0.1) is 0 Å². The van der Waals surface area contributed by atoms with Crippen molar-refractivity contribution in [3.05, 3.63) is 224 Å². The zero-order valence-corrected chi connectivity index (χ0v) is 30.1. The van der Waals surface area contributed by atoms with E-state index in [-0.39, 0.29) is 46.7 Å². The predicted molar refractivity (Wildman–Crippen MR) is 236 cm³/mol. The van der Waals surface area contributed by atoms with Crippen molar-refractivity contribution in [1.82, 2.24) is 0 Å². The molecule has 0 atom stereocenters. The second kappa shape index (κ2) is 14.4. The van der Waals surface area contributed by atoms with Gasteiger partial charge in [-0.3, -0.25) is 0 Å². The largest absolute Gasteiger partial charge is 0.456 e. The zero-order valence-electron chi connectivity index (χ0n) is 38.1. The lowest BCUT2D eigenvalue weighted by Gasteiger charge is -2.29. The number of hydrogen-bond acceptors (Lipinski definition) is 2. The molecular weight excluding hydrogens is 679 g/mol. The Morgan fingerprint density at radius 2 is 0.786 bits per heavy atom. The van der Waals surface area contributed by atoms with Crippen molar-refractivity contribution in [3.8, 4) is 55.6 Å². The highest BCUT2D eigenvalue weighted by Gasteiger charge is 2.21. The molecule has 0 fully saturated rings. The third-order valence-corrected chi connectivity index (χ3v) is 10.1. The average Bonchev–Trinajstić information content (AvgIpc) is 3.73. The van der Waals surface area contributed by atoms with Crippen LogP contribution in [0, 0.1) is 0 Å². The summed E-state index contributed by atoms with van der Waals surface area (Å²) < 4.78 is 83.1. The number of anilines is 3. The first-order valence-electron chi connectivity index (χ1n) is 22.5. The third kappa shape index (κ3) is 6.04. The Bertz CT molecular complexity index is 3380. The summed E-state index contributed by atoms with van der Waals surface area (Å²) in [5.41, 5.74) is 7.33. The molecule has 0 spiro atoms. The molecule has 56 heavy (non-hydrogen) atoms. The first kappa shape index (κ1) is 25.6. The van der Waals surface area contributed by atoms with E-state index in [9.17, 15) is 11.0 Å². The van der Waals surface area contributed by atoms with Crippen LogP contribution in [0.2, 0.25) is 0 Å². The Hall–Kier alpha value is -7.42. The summed E-state index contributed by atoms with van der Waals surface area (Å²) in [5, 5.41) is 1.41. The number of rotatable bonds is 8. The van der Waals surface area contributed by atoms with Gasteiger partial charge in [0.15, 0.2) is 0 Å². The van der Waals surface area contributed by atoms with E-state index in [2.05, 4.69) is 24.3 Å². The van der Waals surface area contributed by atoms with Gasteiger partial charge < -0.3 is 9.32 Å². The number of benzene rings is 9. The minimum absolute atomic E-state index is 0.0611. The van der Waals surface area contributed by atoms with Crippen LogP contribution in [0.5, 0.6) is 0 Å². The molecule has 10 rings (SSSR count). The topological polar surface area (TPSA) is 16.4 Å². The van der Waals surface area contributed by atoms with Crippen molar-refractivity contribution >= 4 is 39.0 Å². The lowest BCUT2D eigenvalue weighted by Crippen LogP contribution is -2.11. The predicted octanol–water partition coefficient (Wildman–Crippen LogP) is 15.4. The van der Waals surface area contributed by atoms with Gasteiger partial charge in [-0.05, 0) is 92.4 Å². The van der Waals surface area contributed by atoms with E-state index in [0.717, 1.165) is 33.2 Å². The highest BCUT2D eigenvalue weighted by Crippen LogP contribution is 2.46. The molecule has 1 aromatic heterocycles. The van der Waals surface area contributed by atoms with Crippen molar-refractivity contribution in [2.45, 2.75) is 0 Å². The second-order valence-electron chi connectivity index (χ2n) is 13.4. The number of para-hydroxylation sites is 2. The van der Waals surface area contributed by atoms with Gasteiger partial charge in [-0.2, -0.15) is 0 Å². The van der Waals surface area contributed by atoms with Gasteiger partial charge in [-0.1, -0.05) is 182 Å². The fourth-order valence-corrected chi connectivity index (χ4v) is 7.49. The fourth-order valence-electron chi connectivity index (χ4n) is 7.49. The molecule has 264 valence electrons. The van der Waals surface area contributed by atoms with Crippen LogP contribution in [-0.2, 0) is 0 Å². The molecule has 2 nitrogen and oxygen atoms in total. The van der Waals surface area contributed by atoms with Crippen LogP contribution >= 0.6 is 0 Å². The lowest BCUT2D eigenvalue weighted by molar-refractivity contribution is 0.669. The molecule has 0 aliphatic rings. The molecule has 0 saturated heterocycles. The van der Waals surface area contributed by atoms with Gasteiger partial charge in [-0.25, -0.2) is 0 Å².